The third-order valence-corrected chi connectivity index (χ3v) is 3.22. The fraction of sp³-hybridized carbons (Fsp3) is 0.368. The van der Waals surface area contributed by atoms with Gasteiger partial charge in [0.1, 0.15) is 11.6 Å². The van der Waals surface area contributed by atoms with Gasteiger partial charge in [-0.15, -0.1) is 20.4 Å². The molecule has 0 fully saturated rings. The summed E-state index contributed by atoms with van der Waals surface area (Å²) in [4.78, 5) is 29.9. The summed E-state index contributed by atoms with van der Waals surface area (Å²) in [5, 5.41) is 32.0. The standard InChI is InChI=1S/C4H6N2O.C4H5NO2.C3H4N2O2.2C3H4N2O.C2H4N4/c1-3-5-4(2)7-6-3;1-3-2-4(6)5-7-3;1-2-4-3(6)7-5-2;1-3-5-4-2-6-3;1-3-4-2-6-5-3;1-2-3-5-6-4-2/h1-2H3;2H,1H3,(H,5,6);1H3,(H,4,5,6);2*2H,1H3;1H3,(H,3,4,5,6). The van der Waals surface area contributed by atoms with E-state index in [1.54, 1.807) is 48.5 Å². The molecule has 0 saturated heterocycles. The van der Waals surface area contributed by atoms with Crippen molar-refractivity contribution in [3.8, 4) is 0 Å². The molecule has 0 saturated carbocycles. The van der Waals surface area contributed by atoms with E-state index in [0.717, 1.165) is 0 Å². The van der Waals surface area contributed by atoms with E-state index >= 15 is 0 Å². The molecule has 6 aromatic heterocycles. The predicted octanol–water partition coefficient (Wildman–Crippen LogP) is 0.898. The minimum absolute atomic E-state index is 0.183. The summed E-state index contributed by atoms with van der Waals surface area (Å²) in [6.07, 6.45) is 2.60. The molecule has 0 aromatic carbocycles. The van der Waals surface area contributed by atoms with E-state index in [2.05, 4.69) is 88.9 Å². The molecule has 0 atom stereocenters. The number of aromatic nitrogens is 13. The van der Waals surface area contributed by atoms with Gasteiger partial charge in [0.15, 0.2) is 17.5 Å². The summed E-state index contributed by atoms with van der Waals surface area (Å²) in [5.74, 6) is 3.89. The average molecular weight is 550 g/mol. The first-order valence-electron chi connectivity index (χ1n) is 10.7. The molecular formula is C19H27N13O7. The lowest BCUT2D eigenvalue weighted by atomic mass is 10.5. The smallest absolute Gasteiger partial charge is 0.428 e. The Hall–Kier alpha value is -5.56. The second-order valence-electron chi connectivity index (χ2n) is 6.76. The maximum Gasteiger partial charge on any atom is 0.438 e. The zero-order chi connectivity index (χ0) is 29.0. The summed E-state index contributed by atoms with van der Waals surface area (Å²) in [6.45, 7) is 12.2. The highest BCUT2D eigenvalue weighted by molar-refractivity contribution is 4.88. The molecule has 0 unspecified atom stereocenters. The van der Waals surface area contributed by atoms with Gasteiger partial charge in [-0.1, -0.05) is 20.7 Å². The van der Waals surface area contributed by atoms with Gasteiger partial charge in [0.2, 0.25) is 24.6 Å². The Morgan fingerprint density at radius 2 is 1.56 bits per heavy atom. The Morgan fingerprint density at radius 1 is 0.795 bits per heavy atom. The molecule has 0 radical (unpaired) electrons. The molecule has 0 spiro atoms. The van der Waals surface area contributed by atoms with Crippen LogP contribution in [0, 0.1) is 48.5 Å². The fourth-order valence-corrected chi connectivity index (χ4v) is 1.74. The first-order valence-corrected chi connectivity index (χ1v) is 10.7. The van der Waals surface area contributed by atoms with Crippen molar-refractivity contribution in [2.45, 2.75) is 48.5 Å². The summed E-state index contributed by atoms with van der Waals surface area (Å²) >= 11 is 0. The number of aromatic amines is 3. The van der Waals surface area contributed by atoms with E-state index < -0.39 is 5.76 Å². The van der Waals surface area contributed by atoms with Crippen molar-refractivity contribution in [1.29, 1.82) is 0 Å². The molecule has 39 heavy (non-hydrogen) atoms. The van der Waals surface area contributed by atoms with Gasteiger partial charge in [-0.2, -0.15) is 20.3 Å². The van der Waals surface area contributed by atoms with E-state index in [4.69, 9.17) is 0 Å². The van der Waals surface area contributed by atoms with Crippen LogP contribution < -0.4 is 11.3 Å². The topological polar surface area (TPSA) is 276 Å². The van der Waals surface area contributed by atoms with Gasteiger partial charge in [-0.05, 0) is 34.6 Å². The summed E-state index contributed by atoms with van der Waals surface area (Å²) in [7, 11) is 0. The van der Waals surface area contributed by atoms with Crippen molar-refractivity contribution in [3.05, 3.63) is 80.6 Å². The van der Waals surface area contributed by atoms with Crippen LogP contribution in [-0.4, -0.2) is 66.4 Å². The molecule has 6 aromatic rings. The van der Waals surface area contributed by atoms with Crippen molar-refractivity contribution in [3.63, 3.8) is 0 Å². The zero-order valence-electron chi connectivity index (χ0n) is 22.1. The van der Waals surface area contributed by atoms with Gasteiger partial charge < -0.3 is 18.0 Å². The van der Waals surface area contributed by atoms with Crippen LogP contribution in [0.15, 0.2) is 51.0 Å². The van der Waals surface area contributed by atoms with Gasteiger partial charge in [0.25, 0.3) is 5.56 Å². The van der Waals surface area contributed by atoms with Crippen LogP contribution in [0.1, 0.15) is 40.8 Å². The minimum Gasteiger partial charge on any atom is -0.428 e. The number of hydrogen-bond acceptors (Lipinski definition) is 17. The number of nitrogens with zero attached hydrogens (tertiary/aromatic N) is 10. The van der Waals surface area contributed by atoms with Crippen LogP contribution in [0.4, 0.5) is 0 Å². The third-order valence-electron chi connectivity index (χ3n) is 3.22. The Labute approximate surface area is 218 Å². The van der Waals surface area contributed by atoms with Crippen LogP contribution in [0.2, 0.25) is 0 Å². The predicted molar refractivity (Wildman–Crippen MR) is 127 cm³/mol. The Kier molecular flexibility index (Phi) is 14.4. The second kappa shape index (κ2) is 17.8. The quantitative estimate of drug-likeness (QED) is 0.237. The van der Waals surface area contributed by atoms with Crippen molar-refractivity contribution in [2.24, 2.45) is 0 Å². The average Bonchev–Trinajstić information content (AvgIpc) is 3.71. The Morgan fingerprint density at radius 3 is 1.72 bits per heavy atom. The lowest BCUT2D eigenvalue weighted by molar-refractivity contribution is 0.383. The number of aryl methyl sites for hydroxylation is 7. The molecule has 6 rings (SSSR count). The highest BCUT2D eigenvalue weighted by atomic mass is 16.5. The highest BCUT2D eigenvalue weighted by Gasteiger charge is 1.90. The van der Waals surface area contributed by atoms with Crippen molar-refractivity contribution >= 4 is 0 Å². The SMILES string of the molecule is Cc1cc(=O)[nH]o1.Cc1ncon1.Cc1nn[nH]n1.Cc1nnco1.Cc1noc(=O)[nH]1.Cc1noc(C)n1. The van der Waals surface area contributed by atoms with Gasteiger partial charge in [0.05, 0.1) is 0 Å². The zero-order valence-corrected chi connectivity index (χ0v) is 22.1. The molecule has 0 aliphatic rings. The molecule has 6 heterocycles. The van der Waals surface area contributed by atoms with Crippen LogP contribution >= 0.6 is 0 Å². The molecule has 20 heteroatoms. The number of H-pyrrole nitrogens is 3. The second-order valence-corrected chi connectivity index (χ2v) is 6.76. The molecule has 210 valence electrons. The maximum absolute atomic E-state index is 10.1. The van der Waals surface area contributed by atoms with E-state index in [-0.39, 0.29) is 5.56 Å². The van der Waals surface area contributed by atoms with Crippen LogP contribution in [0.5, 0.6) is 0 Å². The lowest BCUT2D eigenvalue weighted by Crippen LogP contribution is -1.93. The van der Waals surface area contributed by atoms with Gasteiger partial charge in [-0.25, -0.2) is 4.79 Å². The highest BCUT2D eigenvalue weighted by Crippen LogP contribution is 1.89. The van der Waals surface area contributed by atoms with Gasteiger partial charge in [0, 0.05) is 19.9 Å². The van der Waals surface area contributed by atoms with E-state index in [1.165, 1.54) is 18.9 Å². The van der Waals surface area contributed by atoms with Crippen molar-refractivity contribution in [2.75, 3.05) is 0 Å². The van der Waals surface area contributed by atoms with Crippen LogP contribution in [0.3, 0.4) is 0 Å². The Bertz CT molecular complexity index is 1340. The van der Waals surface area contributed by atoms with Crippen molar-refractivity contribution < 1.29 is 22.5 Å². The number of tetrazole rings is 1. The van der Waals surface area contributed by atoms with E-state index in [9.17, 15) is 9.59 Å². The molecule has 0 aliphatic carbocycles. The van der Waals surface area contributed by atoms with Crippen LogP contribution in [-0.2, 0) is 0 Å². The van der Waals surface area contributed by atoms with Gasteiger partial charge in [-0.3, -0.25) is 14.3 Å². The first kappa shape index (κ1) is 31.5. The fourth-order valence-electron chi connectivity index (χ4n) is 1.74. The lowest BCUT2D eigenvalue weighted by Gasteiger charge is -1.66. The maximum atomic E-state index is 10.1. The number of rotatable bonds is 0. The molecule has 20 nitrogen and oxygen atoms in total. The van der Waals surface area contributed by atoms with Crippen molar-refractivity contribution in [1.82, 2.24) is 66.4 Å². The monoisotopic (exact) mass is 549 g/mol. The Balaban J connectivity index is 0.000000234. The largest absolute Gasteiger partial charge is 0.438 e. The van der Waals surface area contributed by atoms with E-state index in [0.29, 0.717) is 40.8 Å². The van der Waals surface area contributed by atoms with Gasteiger partial charge >= 0.3 is 5.76 Å². The van der Waals surface area contributed by atoms with E-state index in [1.807, 2.05) is 0 Å². The molecule has 0 aliphatic heterocycles. The summed E-state index contributed by atoms with van der Waals surface area (Å²) in [6, 6.07) is 1.39. The summed E-state index contributed by atoms with van der Waals surface area (Å²) in [5.41, 5.74) is -0.183. The molecular weight excluding hydrogens is 522 g/mol. The molecule has 0 bridgehead atoms. The number of hydrogen-bond donors (Lipinski definition) is 3. The minimum atomic E-state index is -0.502. The summed E-state index contributed by atoms with van der Waals surface area (Å²) < 4.78 is 22.2. The normalized spacial score (nSPS) is 9.10. The first-order chi connectivity index (χ1) is 18.5. The third kappa shape index (κ3) is 16.7. The molecule has 0 amide bonds. The number of nitrogens with one attached hydrogen (secondary N) is 3. The molecule has 3 N–H and O–H groups in total. The van der Waals surface area contributed by atoms with Crippen LogP contribution in [0.25, 0.3) is 0 Å².